The largest absolute Gasteiger partial charge is 0.493 e. The molecule has 1 aromatic carbocycles. The maximum absolute atomic E-state index is 11.1. The van der Waals surface area contributed by atoms with Crippen LogP contribution in [0, 0.1) is 13.8 Å². The van der Waals surface area contributed by atoms with Gasteiger partial charge in [-0.25, -0.2) is 0 Å². The van der Waals surface area contributed by atoms with Gasteiger partial charge in [-0.15, -0.1) is 0 Å². The SMILES string of the molecule is CCOC(=O)CCOc1cc(C)c(Br)c(C)c1. The summed E-state index contributed by atoms with van der Waals surface area (Å²) in [6.07, 6.45) is 0.280. The maximum Gasteiger partial charge on any atom is 0.309 e. The zero-order chi connectivity index (χ0) is 12.8. The lowest BCUT2D eigenvalue weighted by Crippen LogP contribution is -2.09. The molecule has 0 saturated carbocycles. The van der Waals surface area contributed by atoms with Crippen LogP contribution in [0.3, 0.4) is 0 Å². The Kier molecular flexibility index (Phi) is 5.48. The first-order chi connectivity index (χ1) is 8.04. The molecular weight excluding hydrogens is 284 g/mol. The fraction of sp³-hybridized carbons (Fsp3) is 0.462. The van der Waals surface area contributed by atoms with E-state index in [1.807, 2.05) is 26.0 Å². The van der Waals surface area contributed by atoms with Gasteiger partial charge in [-0.1, -0.05) is 15.9 Å². The van der Waals surface area contributed by atoms with Crippen molar-refractivity contribution in [3.05, 3.63) is 27.7 Å². The minimum atomic E-state index is -0.224. The molecule has 17 heavy (non-hydrogen) atoms. The standard InChI is InChI=1S/C13H17BrO3/c1-4-16-12(15)5-6-17-11-7-9(2)13(14)10(3)8-11/h7-8H,4-6H2,1-3H3. The molecule has 4 heteroatoms. The van der Waals surface area contributed by atoms with Gasteiger partial charge in [0.2, 0.25) is 0 Å². The Morgan fingerprint density at radius 2 is 1.88 bits per heavy atom. The predicted molar refractivity (Wildman–Crippen MR) is 70.4 cm³/mol. The summed E-state index contributed by atoms with van der Waals surface area (Å²) in [5.74, 6) is 0.561. The third-order valence-corrected chi connectivity index (χ3v) is 3.54. The van der Waals surface area contributed by atoms with E-state index in [1.54, 1.807) is 6.92 Å². The van der Waals surface area contributed by atoms with E-state index in [2.05, 4.69) is 15.9 Å². The first kappa shape index (κ1) is 14.0. The number of halogens is 1. The molecule has 3 nitrogen and oxygen atoms in total. The van der Waals surface area contributed by atoms with Crippen LogP contribution >= 0.6 is 15.9 Å². The normalized spacial score (nSPS) is 10.1. The molecule has 0 radical (unpaired) electrons. The maximum atomic E-state index is 11.1. The smallest absolute Gasteiger partial charge is 0.309 e. The number of esters is 1. The molecule has 0 atom stereocenters. The Morgan fingerprint density at radius 1 is 1.29 bits per heavy atom. The Morgan fingerprint density at radius 3 is 2.41 bits per heavy atom. The minimum Gasteiger partial charge on any atom is -0.493 e. The lowest BCUT2D eigenvalue weighted by atomic mass is 10.1. The highest BCUT2D eigenvalue weighted by atomic mass is 79.9. The van der Waals surface area contributed by atoms with Gasteiger partial charge in [-0.3, -0.25) is 4.79 Å². The van der Waals surface area contributed by atoms with Crippen molar-refractivity contribution in [2.24, 2.45) is 0 Å². The fourth-order valence-corrected chi connectivity index (χ4v) is 1.70. The van der Waals surface area contributed by atoms with Gasteiger partial charge in [0, 0.05) is 4.47 Å². The quantitative estimate of drug-likeness (QED) is 0.782. The number of benzene rings is 1. The Bertz CT molecular complexity index is 379. The predicted octanol–water partition coefficient (Wildman–Crippen LogP) is 3.40. The second-order valence-corrected chi connectivity index (χ2v) is 4.57. The average molecular weight is 301 g/mol. The van der Waals surface area contributed by atoms with Crippen molar-refractivity contribution in [3.63, 3.8) is 0 Å². The summed E-state index contributed by atoms with van der Waals surface area (Å²) in [6, 6.07) is 3.89. The Labute approximate surface area is 110 Å². The average Bonchev–Trinajstić information content (AvgIpc) is 2.26. The molecule has 0 aliphatic heterocycles. The highest BCUT2D eigenvalue weighted by molar-refractivity contribution is 9.10. The summed E-state index contributed by atoms with van der Waals surface area (Å²) < 4.78 is 11.4. The first-order valence-corrected chi connectivity index (χ1v) is 6.39. The van der Waals surface area contributed by atoms with Gasteiger partial charge in [0.1, 0.15) is 5.75 Å². The highest BCUT2D eigenvalue weighted by Gasteiger charge is 2.05. The molecule has 0 saturated heterocycles. The summed E-state index contributed by atoms with van der Waals surface area (Å²) in [7, 11) is 0. The monoisotopic (exact) mass is 300 g/mol. The molecule has 0 fully saturated rings. The summed E-state index contributed by atoms with van der Waals surface area (Å²) >= 11 is 3.50. The van der Waals surface area contributed by atoms with Crippen molar-refractivity contribution in [1.82, 2.24) is 0 Å². The molecule has 0 aromatic heterocycles. The van der Waals surface area contributed by atoms with E-state index in [1.165, 1.54) is 0 Å². The van der Waals surface area contributed by atoms with Crippen molar-refractivity contribution in [2.45, 2.75) is 27.2 Å². The van der Waals surface area contributed by atoms with Crippen LogP contribution < -0.4 is 4.74 Å². The number of ether oxygens (including phenoxy) is 2. The van der Waals surface area contributed by atoms with Gasteiger partial charge in [0.05, 0.1) is 19.6 Å². The van der Waals surface area contributed by atoms with Crippen LogP contribution in [0.25, 0.3) is 0 Å². The molecule has 0 amide bonds. The number of rotatable bonds is 5. The summed E-state index contributed by atoms with van der Waals surface area (Å²) in [4.78, 5) is 11.1. The van der Waals surface area contributed by atoms with Gasteiger partial charge in [-0.05, 0) is 44.0 Å². The van der Waals surface area contributed by atoms with Crippen LogP contribution in [0.5, 0.6) is 5.75 Å². The number of carbonyl (C=O) groups excluding carboxylic acids is 1. The van der Waals surface area contributed by atoms with E-state index < -0.39 is 0 Å². The van der Waals surface area contributed by atoms with Crippen LogP contribution in [-0.2, 0) is 9.53 Å². The molecule has 0 N–H and O–H groups in total. The van der Waals surface area contributed by atoms with Crippen molar-refractivity contribution in [1.29, 1.82) is 0 Å². The number of hydrogen-bond donors (Lipinski definition) is 0. The summed E-state index contributed by atoms with van der Waals surface area (Å²) in [6.45, 7) is 6.57. The lowest BCUT2D eigenvalue weighted by Gasteiger charge is -2.09. The summed E-state index contributed by atoms with van der Waals surface area (Å²) in [5.41, 5.74) is 2.24. The molecule has 0 aliphatic carbocycles. The fourth-order valence-electron chi connectivity index (χ4n) is 1.47. The van der Waals surface area contributed by atoms with Crippen molar-refractivity contribution in [3.8, 4) is 5.75 Å². The Hall–Kier alpha value is -1.03. The molecule has 1 rings (SSSR count). The zero-order valence-electron chi connectivity index (χ0n) is 10.4. The number of carbonyl (C=O) groups is 1. The molecule has 0 spiro atoms. The van der Waals surface area contributed by atoms with Gasteiger partial charge < -0.3 is 9.47 Å². The second kappa shape index (κ2) is 6.64. The first-order valence-electron chi connectivity index (χ1n) is 5.59. The third-order valence-electron chi connectivity index (χ3n) is 2.29. The van der Waals surface area contributed by atoms with Crippen molar-refractivity contribution < 1.29 is 14.3 Å². The van der Waals surface area contributed by atoms with Gasteiger partial charge in [0.15, 0.2) is 0 Å². The van der Waals surface area contributed by atoms with E-state index in [0.29, 0.717) is 13.2 Å². The molecular formula is C13H17BrO3. The van der Waals surface area contributed by atoms with Crippen LogP contribution in [0.15, 0.2) is 16.6 Å². The van der Waals surface area contributed by atoms with Gasteiger partial charge in [0.25, 0.3) is 0 Å². The van der Waals surface area contributed by atoms with Crippen molar-refractivity contribution in [2.75, 3.05) is 13.2 Å². The van der Waals surface area contributed by atoms with E-state index in [4.69, 9.17) is 9.47 Å². The van der Waals surface area contributed by atoms with Gasteiger partial charge in [-0.2, -0.15) is 0 Å². The molecule has 0 heterocycles. The topological polar surface area (TPSA) is 35.5 Å². The van der Waals surface area contributed by atoms with Gasteiger partial charge >= 0.3 is 5.97 Å². The van der Waals surface area contributed by atoms with Crippen molar-refractivity contribution >= 4 is 21.9 Å². The van der Waals surface area contributed by atoms with Crippen LogP contribution in [0.2, 0.25) is 0 Å². The van der Waals surface area contributed by atoms with Crippen LogP contribution in [0.4, 0.5) is 0 Å². The number of aryl methyl sites for hydroxylation is 2. The molecule has 0 unspecified atom stereocenters. The highest BCUT2D eigenvalue weighted by Crippen LogP contribution is 2.26. The molecule has 0 bridgehead atoms. The van der Waals surface area contributed by atoms with Crippen LogP contribution in [0.1, 0.15) is 24.5 Å². The Balaban J connectivity index is 2.50. The third kappa shape index (κ3) is 4.38. The molecule has 94 valence electrons. The van der Waals surface area contributed by atoms with Crippen LogP contribution in [-0.4, -0.2) is 19.2 Å². The lowest BCUT2D eigenvalue weighted by molar-refractivity contribution is -0.143. The van der Waals surface area contributed by atoms with E-state index in [-0.39, 0.29) is 12.4 Å². The molecule has 1 aromatic rings. The van der Waals surface area contributed by atoms with E-state index in [0.717, 1.165) is 21.3 Å². The number of hydrogen-bond acceptors (Lipinski definition) is 3. The minimum absolute atomic E-state index is 0.224. The second-order valence-electron chi connectivity index (χ2n) is 3.77. The van der Waals surface area contributed by atoms with E-state index >= 15 is 0 Å². The summed E-state index contributed by atoms with van der Waals surface area (Å²) in [5, 5.41) is 0. The zero-order valence-corrected chi connectivity index (χ0v) is 12.0. The van der Waals surface area contributed by atoms with E-state index in [9.17, 15) is 4.79 Å². The molecule has 0 aliphatic rings.